The molecule has 0 fully saturated rings. The van der Waals surface area contributed by atoms with Crippen LogP contribution in [0, 0.1) is 6.92 Å². The van der Waals surface area contributed by atoms with Crippen LogP contribution in [0.15, 0.2) is 72.8 Å². The highest BCUT2D eigenvalue weighted by molar-refractivity contribution is 5.75. The second-order valence-electron chi connectivity index (χ2n) is 7.83. The number of ether oxygens (including phenoxy) is 2. The Kier molecular flexibility index (Phi) is 6.88. The molecule has 0 saturated heterocycles. The number of nitrogens with zero attached hydrogens (tertiary/aromatic N) is 2. The van der Waals surface area contributed by atoms with Crippen LogP contribution in [0.4, 0.5) is 0 Å². The summed E-state index contributed by atoms with van der Waals surface area (Å²) in [4.78, 5) is 4.82. The molecule has 4 heteroatoms. The minimum absolute atomic E-state index is 0.457. The van der Waals surface area contributed by atoms with Crippen molar-refractivity contribution in [1.29, 1.82) is 0 Å². The first-order valence-electron chi connectivity index (χ1n) is 11.1. The highest BCUT2D eigenvalue weighted by atomic mass is 16.5. The van der Waals surface area contributed by atoms with Crippen LogP contribution in [0.1, 0.15) is 36.7 Å². The van der Waals surface area contributed by atoms with Gasteiger partial charge in [-0.2, -0.15) is 0 Å². The summed E-state index contributed by atoms with van der Waals surface area (Å²) in [5.74, 6) is 2.78. The molecule has 0 aliphatic heterocycles. The van der Waals surface area contributed by atoms with E-state index in [2.05, 4.69) is 73.0 Å². The highest BCUT2D eigenvalue weighted by Gasteiger charge is 2.11. The quantitative estimate of drug-likeness (QED) is 0.284. The molecule has 4 aromatic rings. The summed E-state index contributed by atoms with van der Waals surface area (Å²) in [6.45, 7) is 6.30. The summed E-state index contributed by atoms with van der Waals surface area (Å²) >= 11 is 0. The van der Waals surface area contributed by atoms with Crippen LogP contribution in [0.3, 0.4) is 0 Å². The zero-order valence-corrected chi connectivity index (χ0v) is 18.4. The normalized spacial score (nSPS) is 11.0. The van der Waals surface area contributed by atoms with E-state index in [-0.39, 0.29) is 0 Å². The number of aryl methyl sites for hydroxylation is 3. The van der Waals surface area contributed by atoms with Crippen molar-refractivity contribution in [3.8, 4) is 11.5 Å². The predicted molar refractivity (Wildman–Crippen MR) is 126 cm³/mol. The van der Waals surface area contributed by atoms with Crippen molar-refractivity contribution < 1.29 is 9.47 Å². The molecule has 31 heavy (non-hydrogen) atoms. The van der Waals surface area contributed by atoms with Gasteiger partial charge >= 0.3 is 0 Å². The monoisotopic (exact) mass is 414 g/mol. The molecule has 1 heterocycles. The minimum Gasteiger partial charge on any atom is -0.494 e. The van der Waals surface area contributed by atoms with Crippen LogP contribution < -0.4 is 9.47 Å². The average molecular weight is 415 g/mol. The van der Waals surface area contributed by atoms with Gasteiger partial charge in [0.15, 0.2) is 0 Å². The lowest BCUT2D eigenvalue weighted by Gasteiger charge is -2.11. The van der Waals surface area contributed by atoms with Crippen molar-refractivity contribution in [2.75, 3.05) is 6.61 Å². The van der Waals surface area contributed by atoms with E-state index in [0.717, 1.165) is 54.2 Å². The Morgan fingerprint density at radius 1 is 0.839 bits per heavy atom. The standard InChI is InChI=1S/C27H30N2O2/c1-3-22-13-15-23(16-14-22)30-18-7-6-17-29-26-12-5-4-11-25(26)28-27(29)20-31-24-10-8-9-21(2)19-24/h4-5,8-16,19H,3,6-7,17-18,20H2,1-2H3. The Bertz CT molecular complexity index is 1120. The van der Waals surface area contributed by atoms with Crippen molar-refractivity contribution in [3.63, 3.8) is 0 Å². The molecular formula is C27H30N2O2. The number of hydrogen-bond donors (Lipinski definition) is 0. The molecule has 0 unspecified atom stereocenters. The van der Waals surface area contributed by atoms with Crippen molar-refractivity contribution in [2.45, 2.75) is 46.3 Å². The van der Waals surface area contributed by atoms with Crippen molar-refractivity contribution in [3.05, 3.63) is 89.7 Å². The molecule has 0 saturated carbocycles. The fourth-order valence-electron chi connectivity index (χ4n) is 3.72. The third kappa shape index (κ3) is 5.46. The summed E-state index contributed by atoms with van der Waals surface area (Å²) in [6, 6.07) is 24.8. The lowest BCUT2D eigenvalue weighted by molar-refractivity contribution is 0.285. The zero-order chi connectivity index (χ0) is 21.5. The minimum atomic E-state index is 0.457. The number of fused-ring (bicyclic) bond motifs is 1. The van der Waals surface area contributed by atoms with E-state index in [1.165, 1.54) is 11.1 Å². The van der Waals surface area contributed by atoms with Gasteiger partial charge in [-0.25, -0.2) is 4.98 Å². The average Bonchev–Trinajstić information content (AvgIpc) is 3.15. The highest BCUT2D eigenvalue weighted by Crippen LogP contribution is 2.20. The molecule has 0 spiro atoms. The molecular weight excluding hydrogens is 384 g/mol. The number of rotatable bonds is 10. The smallest absolute Gasteiger partial charge is 0.147 e. The summed E-state index contributed by atoms with van der Waals surface area (Å²) in [5.41, 5.74) is 4.69. The van der Waals surface area contributed by atoms with Gasteiger partial charge in [0.05, 0.1) is 17.6 Å². The largest absolute Gasteiger partial charge is 0.494 e. The fraction of sp³-hybridized carbons (Fsp3) is 0.296. The summed E-state index contributed by atoms with van der Waals surface area (Å²) in [7, 11) is 0. The van der Waals surface area contributed by atoms with Gasteiger partial charge < -0.3 is 14.0 Å². The lowest BCUT2D eigenvalue weighted by Crippen LogP contribution is -2.09. The van der Waals surface area contributed by atoms with Crippen molar-refractivity contribution >= 4 is 11.0 Å². The van der Waals surface area contributed by atoms with Crippen LogP contribution in [-0.2, 0) is 19.6 Å². The Hall–Kier alpha value is -3.27. The maximum atomic E-state index is 6.04. The Balaban J connectivity index is 1.36. The van der Waals surface area contributed by atoms with E-state index in [9.17, 15) is 0 Å². The topological polar surface area (TPSA) is 36.3 Å². The Labute approximate surface area is 184 Å². The SMILES string of the molecule is CCc1ccc(OCCCCn2c(COc3cccc(C)c3)nc3ccccc32)cc1. The summed E-state index contributed by atoms with van der Waals surface area (Å²) in [6.07, 6.45) is 3.06. The third-order valence-electron chi connectivity index (χ3n) is 5.47. The number of hydrogen-bond acceptors (Lipinski definition) is 3. The van der Waals surface area contributed by atoms with Gasteiger partial charge in [-0.1, -0.05) is 43.3 Å². The Morgan fingerprint density at radius 2 is 1.68 bits per heavy atom. The first-order chi connectivity index (χ1) is 15.2. The lowest BCUT2D eigenvalue weighted by atomic mass is 10.2. The van der Waals surface area contributed by atoms with Gasteiger partial charge in [0.25, 0.3) is 0 Å². The molecule has 3 aromatic carbocycles. The van der Waals surface area contributed by atoms with Crippen LogP contribution >= 0.6 is 0 Å². The molecule has 4 rings (SSSR count). The molecule has 0 N–H and O–H groups in total. The van der Waals surface area contributed by atoms with Gasteiger partial charge in [0, 0.05) is 6.54 Å². The first kappa shape index (κ1) is 21.0. The van der Waals surface area contributed by atoms with Gasteiger partial charge in [-0.3, -0.25) is 0 Å². The first-order valence-corrected chi connectivity index (χ1v) is 11.1. The molecule has 0 atom stereocenters. The van der Waals surface area contributed by atoms with E-state index < -0.39 is 0 Å². The van der Waals surface area contributed by atoms with E-state index in [1.54, 1.807) is 0 Å². The third-order valence-corrected chi connectivity index (χ3v) is 5.47. The second kappa shape index (κ2) is 10.2. The van der Waals surface area contributed by atoms with Gasteiger partial charge in [-0.05, 0) is 73.7 Å². The van der Waals surface area contributed by atoms with Crippen LogP contribution in [0.2, 0.25) is 0 Å². The van der Waals surface area contributed by atoms with Gasteiger partial charge in [0.1, 0.15) is 23.9 Å². The molecule has 0 amide bonds. The molecule has 0 radical (unpaired) electrons. The summed E-state index contributed by atoms with van der Waals surface area (Å²) in [5, 5.41) is 0. The predicted octanol–water partition coefficient (Wildman–Crippen LogP) is 6.35. The van der Waals surface area contributed by atoms with Crippen LogP contribution in [0.25, 0.3) is 11.0 Å². The number of imidazole rings is 1. The zero-order valence-electron chi connectivity index (χ0n) is 18.4. The second-order valence-corrected chi connectivity index (χ2v) is 7.83. The molecule has 1 aromatic heterocycles. The molecule has 160 valence electrons. The Morgan fingerprint density at radius 3 is 2.48 bits per heavy atom. The van der Waals surface area contributed by atoms with Gasteiger partial charge in [-0.15, -0.1) is 0 Å². The van der Waals surface area contributed by atoms with E-state index >= 15 is 0 Å². The van der Waals surface area contributed by atoms with E-state index in [4.69, 9.17) is 14.5 Å². The number of benzene rings is 3. The van der Waals surface area contributed by atoms with Crippen LogP contribution in [0.5, 0.6) is 11.5 Å². The van der Waals surface area contributed by atoms with Crippen molar-refractivity contribution in [2.24, 2.45) is 0 Å². The maximum Gasteiger partial charge on any atom is 0.147 e. The maximum absolute atomic E-state index is 6.04. The van der Waals surface area contributed by atoms with Gasteiger partial charge in [0.2, 0.25) is 0 Å². The molecule has 0 aliphatic rings. The fourth-order valence-corrected chi connectivity index (χ4v) is 3.72. The number of unbranched alkanes of at least 4 members (excludes halogenated alkanes) is 1. The van der Waals surface area contributed by atoms with E-state index in [0.29, 0.717) is 13.2 Å². The molecule has 0 bridgehead atoms. The summed E-state index contributed by atoms with van der Waals surface area (Å²) < 4.78 is 14.2. The molecule has 0 aliphatic carbocycles. The van der Waals surface area contributed by atoms with E-state index in [1.807, 2.05) is 18.2 Å². The number of para-hydroxylation sites is 2. The number of aromatic nitrogens is 2. The van der Waals surface area contributed by atoms with Crippen molar-refractivity contribution in [1.82, 2.24) is 9.55 Å². The molecule has 4 nitrogen and oxygen atoms in total. The van der Waals surface area contributed by atoms with Crippen LogP contribution in [-0.4, -0.2) is 16.2 Å².